The Bertz CT molecular complexity index is 812. The highest BCUT2D eigenvalue weighted by Gasteiger charge is 2.44. The molecule has 0 aliphatic carbocycles. The van der Waals surface area contributed by atoms with E-state index in [0.29, 0.717) is 22.0 Å². The number of halogens is 2. The van der Waals surface area contributed by atoms with Crippen molar-refractivity contribution in [3.63, 3.8) is 0 Å². The SMILES string of the molecule is CC(=O)C1(SCc2ccccc2)CC(=O)c2c(Cl)ccc(Br)c2N1. The number of anilines is 1. The van der Waals surface area contributed by atoms with Crippen LogP contribution in [-0.2, 0) is 10.5 Å². The van der Waals surface area contributed by atoms with Crippen molar-refractivity contribution in [2.45, 2.75) is 24.0 Å². The average Bonchev–Trinajstić information content (AvgIpc) is 2.57. The van der Waals surface area contributed by atoms with E-state index >= 15 is 0 Å². The monoisotopic (exact) mass is 423 g/mol. The highest BCUT2D eigenvalue weighted by molar-refractivity contribution is 9.10. The first-order valence-corrected chi connectivity index (χ1v) is 9.57. The van der Waals surface area contributed by atoms with Crippen LogP contribution in [0.15, 0.2) is 46.9 Å². The Labute approximate surface area is 158 Å². The number of carbonyl (C=O) groups is 2. The maximum atomic E-state index is 12.7. The van der Waals surface area contributed by atoms with Crippen LogP contribution in [0.2, 0.25) is 5.02 Å². The maximum absolute atomic E-state index is 12.7. The normalized spacial score (nSPS) is 19.5. The molecule has 1 unspecified atom stereocenters. The molecule has 2 aromatic rings. The standard InChI is InChI=1S/C18H15BrClNO2S/c1-11(22)18(24-10-12-5-3-2-4-6-12)9-15(23)16-14(20)8-7-13(19)17(16)21-18/h2-8,21H,9-10H2,1H3. The molecule has 0 fully saturated rings. The van der Waals surface area contributed by atoms with Crippen molar-refractivity contribution in [3.8, 4) is 0 Å². The van der Waals surface area contributed by atoms with Crippen molar-refractivity contribution in [1.82, 2.24) is 0 Å². The summed E-state index contributed by atoms with van der Waals surface area (Å²) < 4.78 is 0.723. The predicted molar refractivity (Wildman–Crippen MR) is 103 cm³/mol. The zero-order valence-electron chi connectivity index (χ0n) is 12.9. The molecule has 0 amide bonds. The lowest BCUT2D eigenvalue weighted by Gasteiger charge is -2.37. The lowest BCUT2D eigenvalue weighted by atomic mass is 9.94. The first-order chi connectivity index (χ1) is 11.4. The zero-order valence-corrected chi connectivity index (χ0v) is 16.1. The smallest absolute Gasteiger partial charge is 0.170 e. The molecule has 0 aromatic heterocycles. The molecule has 124 valence electrons. The lowest BCUT2D eigenvalue weighted by Crippen LogP contribution is -2.47. The maximum Gasteiger partial charge on any atom is 0.170 e. The van der Waals surface area contributed by atoms with Crippen LogP contribution in [0, 0.1) is 0 Å². The number of hydrogen-bond donors (Lipinski definition) is 1. The van der Waals surface area contributed by atoms with Gasteiger partial charge in [0.25, 0.3) is 0 Å². The number of benzene rings is 2. The highest BCUT2D eigenvalue weighted by atomic mass is 79.9. The molecule has 0 spiro atoms. The van der Waals surface area contributed by atoms with Crippen LogP contribution in [0.25, 0.3) is 0 Å². The van der Waals surface area contributed by atoms with Crippen LogP contribution in [0.5, 0.6) is 0 Å². The molecule has 0 radical (unpaired) electrons. The van der Waals surface area contributed by atoms with E-state index in [2.05, 4.69) is 21.2 Å². The highest BCUT2D eigenvalue weighted by Crippen LogP contribution is 2.45. The van der Waals surface area contributed by atoms with Gasteiger partial charge in [-0.05, 0) is 40.5 Å². The molecule has 0 saturated carbocycles. The molecule has 0 saturated heterocycles. The fourth-order valence-electron chi connectivity index (χ4n) is 2.69. The summed E-state index contributed by atoms with van der Waals surface area (Å²) in [7, 11) is 0. The number of thioether (sulfide) groups is 1. The Morgan fingerprint density at radius 2 is 2.00 bits per heavy atom. The topological polar surface area (TPSA) is 46.2 Å². The van der Waals surface area contributed by atoms with Crippen molar-refractivity contribution < 1.29 is 9.59 Å². The van der Waals surface area contributed by atoms with Crippen LogP contribution in [0.4, 0.5) is 5.69 Å². The summed E-state index contributed by atoms with van der Waals surface area (Å²) in [5, 5.41) is 3.68. The fourth-order valence-corrected chi connectivity index (χ4v) is 4.60. The Kier molecular flexibility index (Phi) is 5.04. The predicted octanol–water partition coefficient (Wildman–Crippen LogP) is 5.32. The molecule has 3 nitrogen and oxygen atoms in total. The van der Waals surface area contributed by atoms with Gasteiger partial charge in [0.05, 0.1) is 22.7 Å². The summed E-state index contributed by atoms with van der Waals surface area (Å²) >= 11 is 11.1. The van der Waals surface area contributed by atoms with E-state index in [-0.39, 0.29) is 18.0 Å². The third-order valence-electron chi connectivity index (χ3n) is 4.02. The molecule has 24 heavy (non-hydrogen) atoms. The Morgan fingerprint density at radius 3 is 2.67 bits per heavy atom. The van der Waals surface area contributed by atoms with E-state index in [1.165, 1.54) is 18.7 Å². The minimum absolute atomic E-state index is 0.0747. The first-order valence-electron chi connectivity index (χ1n) is 7.41. The Morgan fingerprint density at radius 1 is 1.29 bits per heavy atom. The van der Waals surface area contributed by atoms with Crippen LogP contribution in [0.3, 0.4) is 0 Å². The van der Waals surface area contributed by atoms with Gasteiger partial charge in [-0.2, -0.15) is 0 Å². The number of ketones is 2. The second-order valence-corrected chi connectivity index (χ2v) is 8.20. The molecule has 1 aliphatic heterocycles. The van der Waals surface area contributed by atoms with Gasteiger partial charge < -0.3 is 5.32 Å². The van der Waals surface area contributed by atoms with Gasteiger partial charge in [-0.1, -0.05) is 41.9 Å². The molecule has 1 N–H and O–H groups in total. The largest absolute Gasteiger partial charge is 0.363 e. The number of rotatable bonds is 4. The van der Waals surface area contributed by atoms with Crippen molar-refractivity contribution >= 4 is 56.5 Å². The van der Waals surface area contributed by atoms with Gasteiger partial charge in [-0.15, -0.1) is 11.8 Å². The third-order valence-corrected chi connectivity index (χ3v) is 6.50. The lowest BCUT2D eigenvalue weighted by molar-refractivity contribution is -0.118. The molecule has 1 aliphatic rings. The summed E-state index contributed by atoms with van der Waals surface area (Å²) in [6.07, 6.45) is 0.0863. The molecular weight excluding hydrogens is 410 g/mol. The van der Waals surface area contributed by atoms with E-state index in [9.17, 15) is 9.59 Å². The summed E-state index contributed by atoms with van der Waals surface area (Å²) in [6, 6.07) is 13.3. The van der Waals surface area contributed by atoms with Crippen molar-refractivity contribution in [2.75, 3.05) is 5.32 Å². The van der Waals surface area contributed by atoms with Crippen LogP contribution < -0.4 is 5.32 Å². The van der Waals surface area contributed by atoms with E-state index in [1.54, 1.807) is 12.1 Å². The number of Topliss-reactive ketones (excluding diaryl/α,β-unsaturated/α-hetero) is 2. The second kappa shape index (κ2) is 6.90. The molecule has 3 rings (SSSR count). The van der Waals surface area contributed by atoms with Crippen LogP contribution >= 0.6 is 39.3 Å². The van der Waals surface area contributed by atoms with E-state index < -0.39 is 4.87 Å². The zero-order chi connectivity index (χ0) is 17.3. The summed E-state index contributed by atoms with van der Waals surface area (Å²) in [5.74, 6) is 0.439. The van der Waals surface area contributed by atoms with E-state index in [1.807, 2.05) is 30.3 Å². The number of fused-ring (bicyclic) bond motifs is 1. The molecule has 1 heterocycles. The average molecular weight is 425 g/mol. The van der Waals surface area contributed by atoms with E-state index in [4.69, 9.17) is 11.6 Å². The van der Waals surface area contributed by atoms with Crippen LogP contribution in [0.1, 0.15) is 29.3 Å². The van der Waals surface area contributed by atoms with Gasteiger partial charge >= 0.3 is 0 Å². The third kappa shape index (κ3) is 3.25. The van der Waals surface area contributed by atoms with Gasteiger partial charge in [-0.25, -0.2) is 0 Å². The summed E-state index contributed by atoms with van der Waals surface area (Å²) in [6.45, 7) is 1.52. The quantitative estimate of drug-likeness (QED) is 0.721. The van der Waals surface area contributed by atoms with Gasteiger partial charge in [0, 0.05) is 10.2 Å². The molecule has 1 atom stereocenters. The Balaban J connectivity index is 1.96. The Hall–Kier alpha value is -1.30. The van der Waals surface area contributed by atoms with Gasteiger partial charge in [0.15, 0.2) is 16.4 Å². The second-order valence-electron chi connectivity index (χ2n) is 5.66. The molecule has 6 heteroatoms. The van der Waals surface area contributed by atoms with Crippen LogP contribution in [-0.4, -0.2) is 16.4 Å². The van der Waals surface area contributed by atoms with Crippen molar-refractivity contribution in [2.24, 2.45) is 0 Å². The first kappa shape index (κ1) is 17.5. The number of carbonyl (C=O) groups excluding carboxylic acids is 2. The summed E-state index contributed by atoms with van der Waals surface area (Å²) in [5.41, 5.74) is 2.14. The van der Waals surface area contributed by atoms with E-state index in [0.717, 1.165) is 10.0 Å². The molecule has 0 bridgehead atoms. The fraction of sp³-hybridized carbons (Fsp3) is 0.222. The summed E-state index contributed by atoms with van der Waals surface area (Å²) in [4.78, 5) is 24.1. The number of nitrogens with one attached hydrogen (secondary N) is 1. The van der Waals surface area contributed by atoms with Crippen molar-refractivity contribution in [1.29, 1.82) is 0 Å². The van der Waals surface area contributed by atoms with Gasteiger partial charge in [0.2, 0.25) is 0 Å². The minimum atomic E-state index is -0.979. The van der Waals surface area contributed by atoms with Crippen molar-refractivity contribution in [3.05, 3.63) is 63.1 Å². The van der Waals surface area contributed by atoms with Gasteiger partial charge in [-0.3, -0.25) is 9.59 Å². The minimum Gasteiger partial charge on any atom is -0.363 e. The molecular formula is C18H15BrClNO2S. The van der Waals surface area contributed by atoms with Gasteiger partial charge in [0.1, 0.15) is 0 Å². The molecule has 2 aromatic carbocycles. The number of hydrogen-bond acceptors (Lipinski definition) is 4.